The highest BCUT2D eigenvalue weighted by molar-refractivity contribution is 6.35. The normalized spacial score (nSPS) is 18.8. The fourth-order valence-corrected chi connectivity index (χ4v) is 4.57. The van der Waals surface area contributed by atoms with Crippen molar-refractivity contribution in [3.05, 3.63) is 46.0 Å². The Bertz CT molecular complexity index is 996. The van der Waals surface area contributed by atoms with Crippen LogP contribution >= 0.6 is 23.2 Å². The van der Waals surface area contributed by atoms with Crippen LogP contribution in [0.3, 0.4) is 0 Å². The number of β-amino-alcohol motifs (C(OH)–C–C–N with tert-alkyl or cyclic N) is 1. The molecule has 1 fully saturated rings. The largest absolute Gasteiger partial charge is 0.391 e. The van der Waals surface area contributed by atoms with Crippen molar-refractivity contribution in [2.75, 3.05) is 42.9 Å². The topological polar surface area (TPSA) is 108 Å². The van der Waals surface area contributed by atoms with Crippen LogP contribution in [-0.4, -0.2) is 64.7 Å². The van der Waals surface area contributed by atoms with E-state index in [9.17, 15) is 9.90 Å². The van der Waals surface area contributed by atoms with Gasteiger partial charge in [-0.15, -0.1) is 0 Å². The van der Waals surface area contributed by atoms with E-state index in [1.807, 2.05) is 29.7 Å². The Labute approximate surface area is 209 Å². The third kappa shape index (κ3) is 7.15. The first-order chi connectivity index (χ1) is 16.1. The van der Waals surface area contributed by atoms with Crippen LogP contribution in [0, 0.1) is 17.7 Å². The second kappa shape index (κ2) is 12.0. The number of nitrogens with two attached hydrogens (primary N) is 1. The summed E-state index contributed by atoms with van der Waals surface area (Å²) in [5, 5.41) is 14.5. The Morgan fingerprint density at radius 1 is 1.38 bits per heavy atom. The molecule has 1 saturated heterocycles. The number of amides is 1. The van der Waals surface area contributed by atoms with Crippen molar-refractivity contribution in [2.24, 2.45) is 17.6 Å². The number of hydrogen-bond acceptors (Lipinski definition) is 7. The molecule has 0 saturated carbocycles. The maximum Gasteiger partial charge on any atom is 0.231 e. The van der Waals surface area contributed by atoms with Crippen LogP contribution in [0.4, 0.5) is 16.0 Å². The zero-order valence-electron chi connectivity index (χ0n) is 19.3. The molecule has 2 atom stereocenters. The maximum absolute atomic E-state index is 15.5. The fourth-order valence-electron chi connectivity index (χ4n) is 4.10. The molecule has 0 radical (unpaired) electrons. The smallest absolute Gasteiger partial charge is 0.231 e. The minimum absolute atomic E-state index is 0.0766. The lowest BCUT2D eigenvalue weighted by Crippen LogP contribution is -2.48. The van der Waals surface area contributed by atoms with Gasteiger partial charge in [-0.1, -0.05) is 43.1 Å². The zero-order valence-corrected chi connectivity index (χ0v) is 20.9. The van der Waals surface area contributed by atoms with E-state index in [-0.39, 0.29) is 30.0 Å². The Morgan fingerprint density at radius 2 is 2.15 bits per heavy atom. The van der Waals surface area contributed by atoms with Gasteiger partial charge in [0, 0.05) is 42.1 Å². The number of primary amides is 1. The third-order valence-electron chi connectivity index (χ3n) is 5.75. The van der Waals surface area contributed by atoms with Crippen LogP contribution in [-0.2, 0) is 11.3 Å². The van der Waals surface area contributed by atoms with Gasteiger partial charge in [0.2, 0.25) is 11.7 Å². The van der Waals surface area contributed by atoms with E-state index in [1.165, 1.54) is 6.33 Å². The summed E-state index contributed by atoms with van der Waals surface area (Å²) in [4.78, 5) is 23.1. The van der Waals surface area contributed by atoms with E-state index in [4.69, 9.17) is 28.9 Å². The highest BCUT2D eigenvalue weighted by Gasteiger charge is 2.29. The number of nitrogens with zero attached hydrogens (tertiary/aromatic N) is 4. The number of halogens is 3. The first-order valence-corrected chi connectivity index (χ1v) is 12.0. The molecule has 0 aliphatic carbocycles. The van der Waals surface area contributed by atoms with Crippen LogP contribution in [0.15, 0.2) is 24.5 Å². The molecule has 1 aromatic carbocycles. The Balaban J connectivity index is 1.72. The molecule has 186 valence electrons. The number of nitrogens with one attached hydrogen (secondary N) is 1. The molecule has 1 aliphatic heterocycles. The Morgan fingerprint density at radius 3 is 2.79 bits per heavy atom. The summed E-state index contributed by atoms with van der Waals surface area (Å²) >= 11 is 12.4. The average molecular weight is 513 g/mol. The number of aliphatic hydroxyl groups excluding tert-OH is 1. The number of anilines is 2. The maximum atomic E-state index is 15.5. The summed E-state index contributed by atoms with van der Waals surface area (Å²) in [6, 6.07) is 5.23. The SMILES string of the molecule is CC(C)CN(Cc1ccc(Cl)cc1Cl)c1ncnc(NC[C@H]2CCN(CC(N)=O)C[C@@H]2O)c1F. The molecule has 0 bridgehead atoms. The molecule has 2 heterocycles. The number of likely N-dealkylation sites (tertiary alicyclic amines) is 1. The molecular formula is C23H31Cl2FN6O2. The summed E-state index contributed by atoms with van der Waals surface area (Å²) in [6.45, 7) is 6.44. The van der Waals surface area contributed by atoms with Crippen molar-refractivity contribution < 1.29 is 14.3 Å². The van der Waals surface area contributed by atoms with Crippen molar-refractivity contribution in [2.45, 2.75) is 32.9 Å². The lowest BCUT2D eigenvalue weighted by Gasteiger charge is -2.35. The number of carbonyl (C=O) groups excluding carboxylic acids is 1. The summed E-state index contributed by atoms with van der Waals surface area (Å²) in [7, 11) is 0. The number of piperidine rings is 1. The standard InChI is InChI=1S/C23H31Cl2FN6O2/c1-14(2)9-32(10-16-3-4-17(24)7-18(16)25)23-21(26)22(29-13-30-23)28-8-15-5-6-31(11-19(15)33)12-20(27)34/h3-4,7,13-15,19,33H,5-6,8-12H2,1-2H3,(H2,27,34)(H,28,29,30)/t15-,19+/m1/s1. The van der Waals surface area contributed by atoms with Gasteiger partial charge in [-0.2, -0.15) is 4.39 Å². The first kappa shape index (κ1) is 26.4. The minimum atomic E-state index is -0.658. The van der Waals surface area contributed by atoms with Crippen LogP contribution in [0.25, 0.3) is 0 Å². The van der Waals surface area contributed by atoms with E-state index in [2.05, 4.69) is 15.3 Å². The lowest BCUT2D eigenvalue weighted by molar-refractivity contribution is -0.120. The van der Waals surface area contributed by atoms with Crippen molar-refractivity contribution in [1.29, 1.82) is 0 Å². The lowest BCUT2D eigenvalue weighted by atomic mass is 9.93. The van der Waals surface area contributed by atoms with E-state index in [1.54, 1.807) is 12.1 Å². The average Bonchev–Trinajstić information content (AvgIpc) is 2.75. The fraction of sp³-hybridized carbons (Fsp3) is 0.522. The molecule has 2 aromatic rings. The summed E-state index contributed by atoms with van der Waals surface area (Å²) < 4.78 is 15.5. The van der Waals surface area contributed by atoms with Crippen molar-refractivity contribution in [1.82, 2.24) is 14.9 Å². The van der Waals surface area contributed by atoms with Crippen molar-refractivity contribution >= 4 is 40.7 Å². The van der Waals surface area contributed by atoms with Crippen LogP contribution in [0.2, 0.25) is 10.0 Å². The number of rotatable bonds is 10. The van der Waals surface area contributed by atoms with Crippen molar-refractivity contribution in [3.63, 3.8) is 0 Å². The predicted octanol–water partition coefficient (Wildman–Crippen LogP) is 3.17. The number of benzene rings is 1. The van der Waals surface area contributed by atoms with E-state index < -0.39 is 17.8 Å². The van der Waals surface area contributed by atoms with Crippen LogP contribution < -0.4 is 16.0 Å². The molecule has 1 amide bonds. The number of carbonyl (C=O) groups is 1. The van der Waals surface area contributed by atoms with E-state index in [0.29, 0.717) is 49.2 Å². The highest BCUT2D eigenvalue weighted by Crippen LogP contribution is 2.28. The molecular weight excluding hydrogens is 482 g/mol. The molecule has 3 rings (SSSR count). The summed E-state index contributed by atoms with van der Waals surface area (Å²) in [5.74, 6) is -0.597. The number of hydrogen-bond donors (Lipinski definition) is 3. The van der Waals surface area contributed by atoms with Crippen LogP contribution in [0.1, 0.15) is 25.8 Å². The third-order valence-corrected chi connectivity index (χ3v) is 6.34. The molecule has 4 N–H and O–H groups in total. The summed E-state index contributed by atoms with van der Waals surface area (Å²) in [5.41, 5.74) is 6.05. The van der Waals surface area contributed by atoms with E-state index >= 15 is 4.39 Å². The molecule has 1 aromatic heterocycles. The van der Waals surface area contributed by atoms with Gasteiger partial charge in [0.05, 0.1) is 12.6 Å². The second-order valence-corrected chi connectivity index (χ2v) is 9.91. The minimum Gasteiger partial charge on any atom is -0.391 e. The van der Waals surface area contributed by atoms with Gasteiger partial charge in [0.15, 0.2) is 11.6 Å². The van der Waals surface area contributed by atoms with Gasteiger partial charge < -0.3 is 21.1 Å². The first-order valence-electron chi connectivity index (χ1n) is 11.3. The monoisotopic (exact) mass is 512 g/mol. The van der Waals surface area contributed by atoms with Crippen molar-refractivity contribution in [3.8, 4) is 0 Å². The van der Waals surface area contributed by atoms with Gasteiger partial charge >= 0.3 is 0 Å². The van der Waals surface area contributed by atoms with Gasteiger partial charge in [-0.25, -0.2) is 9.97 Å². The van der Waals surface area contributed by atoms with Gasteiger partial charge in [0.25, 0.3) is 0 Å². The quantitative estimate of drug-likeness (QED) is 0.448. The zero-order chi connectivity index (χ0) is 24.8. The van der Waals surface area contributed by atoms with E-state index in [0.717, 1.165) is 5.56 Å². The molecule has 0 spiro atoms. The van der Waals surface area contributed by atoms with Gasteiger partial charge in [-0.3, -0.25) is 9.69 Å². The molecule has 1 aliphatic rings. The number of aromatic nitrogens is 2. The predicted molar refractivity (Wildman–Crippen MR) is 133 cm³/mol. The Kier molecular flexibility index (Phi) is 9.30. The molecule has 0 unspecified atom stereocenters. The van der Waals surface area contributed by atoms with Crippen LogP contribution in [0.5, 0.6) is 0 Å². The number of aliphatic hydroxyl groups is 1. The molecule has 34 heavy (non-hydrogen) atoms. The summed E-state index contributed by atoms with van der Waals surface area (Å²) in [6.07, 6.45) is 1.31. The highest BCUT2D eigenvalue weighted by atomic mass is 35.5. The molecule has 11 heteroatoms. The molecule has 8 nitrogen and oxygen atoms in total. The Hall–Kier alpha value is -2.20. The van der Waals surface area contributed by atoms with Gasteiger partial charge in [-0.05, 0) is 36.6 Å². The van der Waals surface area contributed by atoms with Gasteiger partial charge in [0.1, 0.15) is 6.33 Å². The second-order valence-electron chi connectivity index (χ2n) is 9.07.